The first-order valence-electron chi connectivity index (χ1n) is 8.40. The summed E-state index contributed by atoms with van der Waals surface area (Å²) in [5, 5.41) is 11.0. The molecule has 0 unspecified atom stereocenters. The SMILES string of the molecule is Cc1nccc(C(=O)N(C)C[C@@]2(O)CCCN(c3ccccn3)C2)n1. The number of rotatable bonds is 4. The zero-order chi connectivity index (χ0) is 17.9. The van der Waals surface area contributed by atoms with Crippen molar-refractivity contribution in [3.63, 3.8) is 0 Å². The number of amides is 1. The van der Waals surface area contributed by atoms with Crippen molar-refractivity contribution in [1.82, 2.24) is 19.9 Å². The first-order valence-corrected chi connectivity index (χ1v) is 8.40. The molecule has 1 amide bonds. The third kappa shape index (κ3) is 4.11. The molecule has 3 heterocycles. The number of carbonyl (C=O) groups excluding carboxylic acids is 1. The van der Waals surface area contributed by atoms with Crippen LogP contribution in [0.4, 0.5) is 5.82 Å². The number of aliphatic hydroxyl groups is 1. The van der Waals surface area contributed by atoms with Gasteiger partial charge in [-0.3, -0.25) is 4.79 Å². The van der Waals surface area contributed by atoms with E-state index in [1.165, 1.54) is 4.90 Å². The molecule has 0 bridgehead atoms. The van der Waals surface area contributed by atoms with Gasteiger partial charge < -0.3 is 14.9 Å². The van der Waals surface area contributed by atoms with Crippen molar-refractivity contribution < 1.29 is 9.90 Å². The topological polar surface area (TPSA) is 82.5 Å². The number of carbonyl (C=O) groups is 1. The van der Waals surface area contributed by atoms with Crippen molar-refractivity contribution in [3.05, 3.63) is 48.2 Å². The van der Waals surface area contributed by atoms with E-state index in [9.17, 15) is 9.90 Å². The van der Waals surface area contributed by atoms with Crippen molar-refractivity contribution in [3.8, 4) is 0 Å². The molecule has 2 aromatic heterocycles. The minimum absolute atomic E-state index is 0.214. The molecular formula is C18H23N5O2. The molecule has 1 aliphatic heterocycles. The number of hydrogen-bond acceptors (Lipinski definition) is 6. The molecule has 1 fully saturated rings. The number of aromatic nitrogens is 3. The second kappa shape index (κ2) is 7.14. The molecule has 7 nitrogen and oxygen atoms in total. The average molecular weight is 341 g/mol. The molecule has 3 rings (SSSR count). The Morgan fingerprint density at radius 1 is 1.32 bits per heavy atom. The lowest BCUT2D eigenvalue weighted by Crippen LogP contribution is -2.55. The van der Waals surface area contributed by atoms with E-state index in [0.717, 1.165) is 18.8 Å². The highest BCUT2D eigenvalue weighted by molar-refractivity contribution is 5.92. The number of piperidine rings is 1. The maximum absolute atomic E-state index is 12.6. The fraction of sp³-hybridized carbons (Fsp3) is 0.444. The van der Waals surface area contributed by atoms with E-state index in [2.05, 4.69) is 19.9 Å². The Bertz CT molecular complexity index is 739. The highest BCUT2D eigenvalue weighted by Gasteiger charge is 2.36. The Hall–Kier alpha value is -2.54. The van der Waals surface area contributed by atoms with Gasteiger partial charge in [0.05, 0.1) is 12.1 Å². The number of likely N-dealkylation sites (N-methyl/N-ethyl adjacent to an activating group) is 1. The van der Waals surface area contributed by atoms with E-state index in [1.54, 1.807) is 32.4 Å². The van der Waals surface area contributed by atoms with Gasteiger partial charge in [0.2, 0.25) is 0 Å². The van der Waals surface area contributed by atoms with Crippen LogP contribution in [0.1, 0.15) is 29.2 Å². The minimum Gasteiger partial charge on any atom is -0.386 e. The molecule has 1 saturated heterocycles. The van der Waals surface area contributed by atoms with Crippen LogP contribution in [0.25, 0.3) is 0 Å². The molecule has 1 atom stereocenters. The van der Waals surface area contributed by atoms with Gasteiger partial charge in [0.15, 0.2) is 0 Å². The summed E-state index contributed by atoms with van der Waals surface area (Å²) < 4.78 is 0. The van der Waals surface area contributed by atoms with Crippen LogP contribution in [0.3, 0.4) is 0 Å². The predicted octanol–water partition coefficient (Wildman–Crippen LogP) is 1.28. The summed E-state index contributed by atoms with van der Waals surface area (Å²) in [6.07, 6.45) is 4.82. The van der Waals surface area contributed by atoms with Crippen molar-refractivity contribution in [1.29, 1.82) is 0 Å². The van der Waals surface area contributed by atoms with Crippen molar-refractivity contribution in [2.45, 2.75) is 25.4 Å². The van der Waals surface area contributed by atoms with E-state index < -0.39 is 5.60 Å². The van der Waals surface area contributed by atoms with Crippen molar-refractivity contribution >= 4 is 11.7 Å². The van der Waals surface area contributed by atoms with Gasteiger partial charge in [-0.25, -0.2) is 15.0 Å². The maximum atomic E-state index is 12.6. The summed E-state index contributed by atoms with van der Waals surface area (Å²) >= 11 is 0. The van der Waals surface area contributed by atoms with E-state index in [0.29, 0.717) is 24.5 Å². The van der Waals surface area contributed by atoms with Gasteiger partial charge in [-0.1, -0.05) is 6.07 Å². The predicted molar refractivity (Wildman–Crippen MR) is 94.4 cm³/mol. The molecule has 0 aliphatic carbocycles. The minimum atomic E-state index is -0.970. The van der Waals surface area contributed by atoms with Gasteiger partial charge in [-0.2, -0.15) is 0 Å². The highest BCUT2D eigenvalue weighted by Crippen LogP contribution is 2.25. The van der Waals surface area contributed by atoms with Gasteiger partial charge in [0, 0.05) is 32.5 Å². The van der Waals surface area contributed by atoms with E-state index in [-0.39, 0.29) is 12.5 Å². The molecule has 0 aromatic carbocycles. The fourth-order valence-electron chi connectivity index (χ4n) is 3.26. The lowest BCUT2D eigenvalue weighted by atomic mass is 9.92. The smallest absolute Gasteiger partial charge is 0.272 e. The number of β-amino-alcohol motifs (C(OH)–C–C–N with tert-alkyl or cyclic N) is 1. The Morgan fingerprint density at radius 3 is 2.88 bits per heavy atom. The Morgan fingerprint density at radius 2 is 2.16 bits per heavy atom. The normalized spacial score (nSPS) is 20.4. The van der Waals surface area contributed by atoms with E-state index in [4.69, 9.17) is 0 Å². The number of aryl methyl sites for hydroxylation is 1. The van der Waals surface area contributed by atoms with Crippen molar-refractivity contribution in [2.24, 2.45) is 0 Å². The maximum Gasteiger partial charge on any atom is 0.272 e. The largest absolute Gasteiger partial charge is 0.386 e. The first kappa shape index (κ1) is 17.3. The second-order valence-electron chi connectivity index (χ2n) is 6.59. The van der Waals surface area contributed by atoms with Crippen molar-refractivity contribution in [2.75, 3.05) is 31.6 Å². The molecule has 0 radical (unpaired) electrons. The molecule has 1 aliphatic rings. The van der Waals surface area contributed by atoms with Crippen LogP contribution in [-0.2, 0) is 0 Å². The van der Waals surface area contributed by atoms with Gasteiger partial charge in [-0.05, 0) is 38.0 Å². The molecule has 0 spiro atoms. The fourth-order valence-corrected chi connectivity index (χ4v) is 3.26. The summed E-state index contributed by atoms with van der Waals surface area (Å²) in [6.45, 7) is 3.29. The molecule has 2 aromatic rings. The molecule has 25 heavy (non-hydrogen) atoms. The van der Waals surface area contributed by atoms with E-state index >= 15 is 0 Å². The van der Waals surface area contributed by atoms with Gasteiger partial charge >= 0.3 is 0 Å². The van der Waals surface area contributed by atoms with Gasteiger partial charge in [-0.15, -0.1) is 0 Å². The number of anilines is 1. The summed E-state index contributed by atoms with van der Waals surface area (Å²) in [7, 11) is 1.69. The van der Waals surface area contributed by atoms with Crippen LogP contribution in [-0.4, -0.2) is 63.1 Å². The number of nitrogens with zero attached hydrogens (tertiary/aromatic N) is 5. The quantitative estimate of drug-likeness (QED) is 0.902. The van der Waals surface area contributed by atoms with Crippen LogP contribution < -0.4 is 4.90 Å². The highest BCUT2D eigenvalue weighted by atomic mass is 16.3. The van der Waals surface area contributed by atoms with Crippen LogP contribution in [0, 0.1) is 6.92 Å². The second-order valence-corrected chi connectivity index (χ2v) is 6.59. The molecule has 132 valence electrons. The third-order valence-electron chi connectivity index (χ3n) is 4.40. The van der Waals surface area contributed by atoms with Crippen LogP contribution in [0.5, 0.6) is 0 Å². The Balaban J connectivity index is 1.69. The first-order chi connectivity index (χ1) is 12.0. The van der Waals surface area contributed by atoms with Crippen LogP contribution in [0.15, 0.2) is 36.7 Å². The molecular weight excluding hydrogens is 318 g/mol. The summed E-state index contributed by atoms with van der Waals surface area (Å²) in [6, 6.07) is 7.33. The Kier molecular flexibility index (Phi) is 4.94. The number of hydrogen-bond donors (Lipinski definition) is 1. The Labute approximate surface area is 147 Å². The molecule has 7 heteroatoms. The zero-order valence-corrected chi connectivity index (χ0v) is 14.6. The zero-order valence-electron chi connectivity index (χ0n) is 14.6. The molecule has 1 N–H and O–H groups in total. The third-order valence-corrected chi connectivity index (χ3v) is 4.40. The van der Waals surface area contributed by atoms with Gasteiger partial charge in [0.1, 0.15) is 17.3 Å². The standard InChI is InChI=1S/C18H23N5O2/c1-14-19-10-7-15(21-14)17(24)22(2)12-18(25)8-5-11-23(13-18)16-6-3-4-9-20-16/h3-4,6-7,9-10,25H,5,8,11-13H2,1-2H3/t18-/m0/s1. The van der Waals surface area contributed by atoms with Crippen LogP contribution in [0.2, 0.25) is 0 Å². The lowest BCUT2D eigenvalue weighted by Gasteiger charge is -2.41. The van der Waals surface area contributed by atoms with E-state index in [1.807, 2.05) is 18.2 Å². The number of pyridine rings is 1. The van der Waals surface area contributed by atoms with Crippen LogP contribution >= 0.6 is 0 Å². The summed E-state index contributed by atoms with van der Waals surface area (Å²) in [5.74, 6) is 1.19. The average Bonchev–Trinajstić information content (AvgIpc) is 2.61. The van der Waals surface area contributed by atoms with Gasteiger partial charge in [0.25, 0.3) is 5.91 Å². The monoisotopic (exact) mass is 341 g/mol. The lowest BCUT2D eigenvalue weighted by molar-refractivity contribution is -0.000284. The summed E-state index contributed by atoms with van der Waals surface area (Å²) in [4.78, 5) is 28.7. The summed E-state index contributed by atoms with van der Waals surface area (Å²) in [5.41, 5.74) is -0.626. The molecule has 0 saturated carbocycles.